The highest BCUT2D eigenvalue weighted by Gasteiger charge is 2.42. The second kappa shape index (κ2) is 4.73. The lowest BCUT2D eigenvalue weighted by Crippen LogP contribution is -2.34. The van der Waals surface area contributed by atoms with E-state index in [1.165, 1.54) is 18.2 Å². The fourth-order valence-corrected chi connectivity index (χ4v) is 3.64. The number of methoxy groups -OCH3 is 1. The number of nitrogens with one attached hydrogen (secondary N) is 1. The van der Waals surface area contributed by atoms with E-state index in [4.69, 9.17) is 4.74 Å². The molecule has 0 spiro atoms. The number of carbonyl (C=O) groups excluding carboxylic acids is 1. The second-order valence-corrected chi connectivity index (χ2v) is 5.28. The van der Waals surface area contributed by atoms with E-state index in [0.717, 1.165) is 19.5 Å². The molecule has 0 amide bonds. The van der Waals surface area contributed by atoms with Crippen molar-refractivity contribution in [2.75, 3.05) is 20.2 Å². The highest BCUT2D eigenvalue weighted by Crippen LogP contribution is 2.50. The van der Waals surface area contributed by atoms with Crippen LogP contribution < -0.4 is 5.32 Å². The van der Waals surface area contributed by atoms with Crippen molar-refractivity contribution in [3.05, 3.63) is 35.4 Å². The maximum absolute atomic E-state index is 11.6. The topological polar surface area (TPSA) is 38.3 Å². The van der Waals surface area contributed by atoms with Gasteiger partial charge in [0.2, 0.25) is 0 Å². The van der Waals surface area contributed by atoms with E-state index >= 15 is 0 Å². The molecule has 1 aliphatic heterocycles. The molecule has 0 radical (unpaired) electrons. The zero-order chi connectivity index (χ0) is 12.5. The van der Waals surface area contributed by atoms with Crippen molar-refractivity contribution in [3.63, 3.8) is 0 Å². The zero-order valence-corrected chi connectivity index (χ0v) is 10.7. The third-order valence-corrected chi connectivity index (χ3v) is 4.46. The lowest BCUT2D eigenvalue weighted by atomic mass is 9.80. The van der Waals surface area contributed by atoms with Crippen molar-refractivity contribution in [1.29, 1.82) is 0 Å². The lowest BCUT2D eigenvalue weighted by Gasteiger charge is -2.30. The Morgan fingerprint density at radius 3 is 2.94 bits per heavy atom. The number of benzene rings is 1. The summed E-state index contributed by atoms with van der Waals surface area (Å²) in [6.45, 7) is 2.10. The van der Waals surface area contributed by atoms with Gasteiger partial charge in [0.05, 0.1) is 13.5 Å². The summed E-state index contributed by atoms with van der Waals surface area (Å²) < 4.78 is 4.85. The van der Waals surface area contributed by atoms with Crippen molar-refractivity contribution in [2.24, 2.45) is 5.92 Å². The van der Waals surface area contributed by atoms with E-state index in [0.29, 0.717) is 24.2 Å². The van der Waals surface area contributed by atoms with Crippen LogP contribution in [0.5, 0.6) is 0 Å². The van der Waals surface area contributed by atoms with Crippen LogP contribution in [-0.4, -0.2) is 26.2 Å². The van der Waals surface area contributed by atoms with Crippen molar-refractivity contribution in [1.82, 2.24) is 5.32 Å². The summed E-state index contributed by atoms with van der Waals surface area (Å²) >= 11 is 0. The predicted octanol–water partition coefficient (Wildman–Crippen LogP) is 2.04. The van der Waals surface area contributed by atoms with Crippen molar-refractivity contribution in [3.8, 4) is 0 Å². The molecule has 1 fully saturated rings. The molecule has 1 unspecified atom stereocenters. The van der Waals surface area contributed by atoms with E-state index in [1.54, 1.807) is 0 Å². The number of carbonyl (C=O) groups is 1. The minimum atomic E-state index is -0.0889. The molecule has 0 saturated carbocycles. The molecule has 3 rings (SSSR count). The Kier molecular flexibility index (Phi) is 3.08. The van der Waals surface area contributed by atoms with Gasteiger partial charge < -0.3 is 10.1 Å². The molecule has 1 aromatic carbocycles. The summed E-state index contributed by atoms with van der Waals surface area (Å²) in [6, 6.07) is 8.58. The number of esters is 1. The number of rotatable bonds is 2. The number of piperidine rings is 1. The van der Waals surface area contributed by atoms with Crippen LogP contribution in [0, 0.1) is 5.92 Å². The first-order valence-electron chi connectivity index (χ1n) is 6.67. The molecule has 96 valence electrons. The molecule has 0 bridgehead atoms. The molecule has 1 aliphatic carbocycles. The fourth-order valence-electron chi connectivity index (χ4n) is 3.64. The van der Waals surface area contributed by atoms with Gasteiger partial charge in [0, 0.05) is 12.5 Å². The molecule has 1 N–H and O–H groups in total. The Balaban J connectivity index is 1.94. The number of hydrogen-bond donors (Lipinski definition) is 1. The van der Waals surface area contributed by atoms with E-state index in [9.17, 15) is 4.79 Å². The number of hydrogen-bond acceptors (Lipinski definition) is 3. The Labute approximate surface area is 108 Å². The molecule has 3 nitrogen and oxygen atoms in total. The smallest absolute Gasteiger partial charge is 0.306 e. The van der Waals surface area contributed by atoms with Gasteiger partial charge in [0.15, 0.2) is 0 Å². The lowest BCUT2D eigenvalue weighted by molar-refractivity contribution is -0.141. The maximum atomic E-state index is 11.6. The molecular formula is C15H19NO2. The quantitative estimate of drug-likeness (QED) is 0.810. The summed E-state index contributed by atoms with van der Waals surface area (Å²) in [6.07, 6.45) is 1.68. The van der Waals surface area contributed by atoms with Gasteiger partial charge >= 0.3 is 5.97 Å². The van der Waals surface area contributed by atoms with Crippen LogP contribution in [0.3, 0.4) is 0 Å². The minimum absolute atomic E-state index is 0.0889. The van der Waals surface area contributed by atoms with Gasteiger partial charge in [-0.1, -0.05) is 24.3 Å². The fraction of sp³-hybridized carbons (Fsp3) is 0.533. The van der Waals surface area contributed by atoms with Crippen molar-refractivity contribution in [2.45, 2.75) is 24.7 Å². The molecule has 3 heteroatoms. The van der Waals surface area contributed by atoms with Gasteiger partial charge in [-0.05, 0) is 35.9 Å². The monoisotopic (exact) mass is 245 g/mol. The predicted molar refractivity (Wildman–Crippen MR) is 69.5 cm³/mol. The largest absolute Gasteiger partial charge is 0.469 e. The van der Waals surface area contributed by atoms with Gasteiger partial charge in [-0.25, -0.2) is 0 Å². The average molecular weight is 245 g/mol. The summed E-state index contributed by atoms with van der Waals surface area (Å²) in [5, 5.41) is 3.47. The average Bonchev–Trinajstić information content (AvgIpc) is 2.74. The molecule has 1 saturated heterocycles. The SMILES string of the molecule is COC(=O)CC1c2ccccc2[C@@H]2CNCC[C@H]12. The van der Waals surface area contributed by atoms with Gasteiger partial charge in [0.1, 0.15) is 0 Å². The standard InChI is InChI=1S/C15H19NO2/c1-18-15(17)8-13-10-4-2-3-5-11(10)14-9-16-7-6-12(13)14/h2-5,12-14,16H,6-9H2,1H3/t12-,13?,14+/m1/s1. The summed E-state index contributed by atoms with van der Waals surface area (Å²) in [4.78, 5) is 11.6. The Hall–Kier alpha value is -1.35. The molecule has 2 aliphatic rings. The molecule has 1 aromatic rings. The first kappa shape index (κ1) is 11.7. The summed E-state index contributed by atoms with van der Waals surface area (Å²) in [5.41, 5.74) is 2.80. The summed E-state index contributed by atoms with van der Waals surface area (Å²) in [5.74, 6) is 1.43. The number of ether oxygens (including phenoxy) is 1. The normalized spacial score (nSPS) is 29.5. The zero-order valence-electron chi connectivity index (χ0n) is 10.7. The van der Waals surface area contributed by atoms with E-state index in [2.05, 4.69) is 29.6 Å². The third-order valence-electron chi connectivity index (χ3n) is 4.46. The Morgan fingerprint density at radius 1 is 1.39 bits per heavy atom. The maximum Gasteiger partial charge on any atom is 0.306 e. The highest BCUT2D eigenvalue weighted by molar-refractivity contribution is 5.71. The van der Waals surface area contributed by atoms with Gasteiger partial charge in [-0.2, -0.15) is 0 Å². The number of fused-ring (bicyclic) bond motifs is 3. The van der Waals surface area contributed by atoms with Crippen LogP contribution >= 0.6 is 0 Å². The third kappa shape index (κ3) is 1.83. The van der Waals surface area contributed by atoms with Crippen molar-refractivity contribution < 1.29 is 9.53 Å². The molecule has 1 heterocycles. The van der Waals surface area contributed by atoms with Crippen LogP contribution in [0.2, 0.25) is 0 Å². The summed E-state index contributed by atoms with van der Waals surface area (Å²) in [7, 11) is 1.48. The van der Waals surface area contributed by atoms with Gasteiger partial charge in [-0.15, -0.1) is 0 Å². The molecule has 3 atom stereocenters. The highest BCUT2D eigenvalue weighted by atomic mass is 16.5. The molecular weight excluding hydrogens is 226 g/mol. The van der Waals surface area contributed by atoms with Crippen molar-refractivity contribution >= 4 is 5.97 Å². The van der Waals surface area contributed by atoms with Crippen LogP contribution in [0.15, 0.2) is 24.3 Å². The Bertz CT molecular complexity index is 458. The second-order valence-electron chi connectivity index (χ2n) is 5.28. The van der Waals surface area contributed by atoms with Gasteiger partial charge in [-0.3, -0.25) is 4.79 Å². The first-order chi connectivity index (χ1) is 8.81. The minimum Gasteiger partial charge on any atom is -0.469 e. The molecule has 18 heavy (non-hydrogen) atoms. The Morgan fingerprint density at radius 2 is 2.17 bits per heavy atom. The van der Waals surface area contributed by atoms with Crippen LogP contribution in [-0.2, 0) is 9.53 Å². The molecule has 0 aromatic heterocycles. The van der Waals surface area contributed by atoms with E-state index in [1.807, 2.05) is 0 Å². The van der Waals surface area contributed by atoms with E-state index < -0.39 is 0 Å². The van der Waals surface area contributed by atoms with Crippen LogP contribution in [0.25, 0.3) is 0 Å². The van der Waals surface area contributed by atoms with Crippen LogP contribution in [0.4, 0.5) is 0 Å². The first-order valence-corrected chi connectivity index (χ1v) is 6.67. The van der Waals surface area contributed by atoms with Crippen LogP contribution in [0.1, 0.15) is 35.8 Å². The van der Waals surface area contributed by atoms with Gasteiger partial charge in [0.25, 0.3) is 0 Å². The van der Waals surface area contributed by atoms with E-state index in [-0.39, 0.29) is 5.97 Å².